The first-order valence-corrected chi connectivity index (χ1v) is 11.7. The summed E-state index contributed by atoms with van der Waals surface area (Å²) in [5, 5.41) is 0. The number of benzene rings is 2. The van der Waals surface area contributed by atoms with Crippen LogP contribution in [0.2, 0.25) is 0 Å². The number of Topliss-reactive ketones (excluding diaryl/α,β-unsaturated/α-hetero) is 1. The Morgan fingerprint density at radius 2 is 1.74 bits per heavy atom. The molecule has 0 spiro atoms. The van der Waals surface area contributed by atoms with E-state index in [1.165, 1.54) is 30.5 Å². The SMILES string of the molecule is Cc1ccc(CC(=O)C2(c3ccc4c(c3)OC(F)(F)O4)CC2)nc1-c1cccc(C2(C)CC2)c1.[HH]. The second-order valence-corrected chi connectivity index (χ2v) is 10.1. The van der Waals surface area contributed by atoms with E-state index >= 15 is 0 Å². The summed E-state index contributed by atoms with van der Waals surface area (Å²) in [5.41, 5.74) is 5.35. The Morgan fingerprint density at radius 1 is 0.971 bits per heavy atom. The molecule has 2 heterocycles. The van der Waals surface area contributed by atoms with Crippen LogP contribution < -0.4 is 9.47 Å². The molecule has 2 aliphatic carbocycles. The summed E-state index contributed by atoms with van der Waals surface area (Å²) in [4.78, 5) is 18.3. The molecule has 3 aromatic rings. The topological polar surface area (TPSA) is 48.4 Å². The molecule has 0 unspecified atom stereocenters. The van der Waals surface area contributed by atoms with Crippen LogP contribution in [0.4, 0.5) is 8.78 Å². The zero-order valence-corrected chi connectivity index (χ0v) is 19.2. The molecule has 0 radical (unpaired) electrons. The van der Waals surface area contributed by atoms with Crippen LogP contribution in [0, 0.1) is 6.92 Å². The Morgan fingerprint density at radius 3 is 2.47 bits per heavy atom. The average molecular weight is 464 g/mol. The highest BCUT2D eigenvalue weighted by Crippen LogP contribution is 2.53. The molecule has 34 heavy (non-hydrogen) atoms. The van der Waals surface area contributed by atoms with Crippen molar-refractivity contribution in [1.29, 1.82) is 0 Å². The molecule has 0 N–H and O–H groups in total. The molecular formula is C28H27F2NO3. The van der Waals surface area contributed by atoms with Gasteiger partial charge in [0.15, 0.2) is 11.5 Å². The van der Waals surface area contributed by atoms with E-state index < -0.39 is 11.7 Å². The van der Waals surface area contributed by atoms with Gasteiger partial charge in [0.1, 0.15) is 5.78 Å². The van der Waals surface area contributed by atoms with Crippen molar-refractivity contribution in [2.75, 3.05) is 0 Å². The fourth-order valence-electron chi connectivity index (χ4n) is 4.91. The van der Waals surface area contributed by atoms with Gasteiger partial charge in [0.25, 0.3) is 0 Å². The molecule has 2 aromatic carbocycles. The molecule has 1 aromatic heterocycles. The normalized spacial score (nSPS) is 20.1. The van der Waals surface area contributed by atoms with Gasteiger partial charge in [-0.2, -0.15) is 0 Å². The number of hydrogen-bond donors (Lipinski definition) is 0. The number of rotatable bonds is 6. The van der Waals surface area contributed by atoms with E-state index in [1.807, 2.05) is 19.1 Å². The number of pyridine rings is 1. The summed E-state index contributed by atoms with van der Waals surface area (Å²) >= 11 is 0. The lowest BCUT2D eigenvalue weighted by Gasteiger charge is -2.16. The number of halogens is 2. The van der Waals surface area contributed by atoms with Crippen molar-refractivity contribution in [3.8, 4) is 22.8 Å². The molecule has 1 aliphatic heterocycles. The lowest BCUT2D eigenvalue weighted by molar-refractivity contribution is -0.286. The largest absolute Gasteiger partial charge is 0.586 e. The first-order valence-electron chi connectivity index (χ1n) is 11.7. The summed E-state index contributed by atoms with van der Waals surface area (Å²) < 4.78 is 35.9. The van der Waals surface area contributed by atoms with Crippen LogP contribution in [0.5, 0.6) is 11.5 Å². The maximum absolute atomic E-state index is 13.4. The molecule has 6 heteroatoms. The number of alkyl halides is 2. The van der Waals surface area contributed by atoms with Crippen molar-refractivity contribution < 1.29 is 24.5 Å². The second kappa shape index (κ2) is 7.11. The van der Waals surface area contributed by atoms with Crippen molar-refractivity contribution >= 4 is 5.78 Å². The highest BCUT2D eigenvalue weighted by molar-refractivity contribution is 5.94. The number of fused-ring (bicyclic) bond motifs is 1. The molecule has 2 fully saturated rings. The first-order chi connectivity index (χ1) is 16.2. The number of nitrogens with zero attached hydrogens (tertiary/aromatic N) is 1. The molecule has 2 saturated carbocycles. The predicted molar refractivity (Wildman–Crippen MR) is 125 cm³/mol. The minimum absolute atomic E-state index is 0. The monoisotopic (exact) mass is 463 g/mol. The third-order valence-electron chi connectivity index (χ3n) is 7.57. The first kappa shape index (κ1) is 21.3. The van der Waals surface area contributed by atoms with E-state index in [0.29, 0.717) is 24.1 Å². The van der Waals surface area contributed by atoms with Crippen LogP contribution in [0.1, 0.15) is 56.4 Å². The van der Waals surface area contributed by atoms with Crippen LogP contribution >= 0.6 is 0 Å². The Labute approximate surface area is 198 Å². The highest BCUT2D eigenvalue weighted by atomic mass is 19.3. The second-order valence-electron chi connectivity index (χ2n) is 10.1. The van der Waals surface area contributed by atoms with Gasteiger partial charge >= 0.3 is 6.29 Å². The van der Waals surface area contributed by atoms with Crippen molar-refractivity contribution in [1.82, 2.24) is 4.98 Å². The van der Waals surface area contributed by atoms with Crippen LogP contribution in [0.3, 0.4) is 0 Å². The van der Waals surface area contributed by atoms with Gasteiger partial charge in [-0.15, -0.1) is 8.78 Å². The van der Waals surface area contributed by atoms with Crippen LogP contribution in [-0.2, 0) is 22.0 Å². The lowest BCUT2D eigenvalue weighted by atomic mass is 9.88. The number of ether oxygens (including phenoxy) is 2. The van der Waals surface area contributed by atoms with E-state index in [0.717, 1.165) is 16.8 Å². The quantitative estimate of drug-likeness (QED) is 0.418. The van der Waals surface area contributed by atoms with Gasteiger partial charge in [-0.25, -0.2) is 0 Å². The lowest BCUT2D eigenvalue weighted by Crippen LogP contribution is -2.26. The zero-order chi connectivity index (χ0) is 23.7. The summed E-state index contributed by atoms with van der Waals surface area (Å²) in [6.45, 7) is 4.32. The van der Waals surface area contributed by atoms with E-state index in [1.54, 1.807) is 6.07 Å². The van der Waals surface area contributed by atoms with Crippen LogP contribution in [0.25, 0.3) is 11.3 Å². The van der Waals surface area contributed by atoms with Crippen molar-refractivity contribution in [3.05, 3.63) is 77.0 Å². The van der Waals surface area contributed by atoms with E-state index in [9.17, 15) is 13.6 Å². The highest BCUT2D eigenvalue weighted by Gasteiger charge is 2.52. The fourth-order valence-corrected chi connectivity index (χ4v) is 4.91. The number of aromatic nitrogens is 1. The third-order valence-corrected chi connectivity index (χ3v) is 7.57. The smallest absolute Gasteiger partial charge is 0.395 e. The molecule has 0 bridgehead atoms. The Balaban J connectivity index is 0.00000253. The molecule has 6 rings (SSSR count). The number of carbonyl (C=O) groups excluding carboxylic acids is 1. The Kier molecular flexibility index (Phi) is 4.45. The predicted octanol–water partition coefficient (Wildman–Crippen LogP) is 6.52. The fraction of sp³-hybridized carbons (Fsp3) is 0.357. The molecular weight excluding hydrogens is 436 g/mol. The maximum Gasteiger partial charge on any atom is 0.586 e. The number of hydrogen-bond acceptors (Lipinski definition) is 4. The summed E-state index contributed by atoms with van der Waals surface area (Å²) in [6, 6.07) is 17.1. The third kappa shape index (κ3) is 3.56. The molecule has 176 valence electrons. The molecule has 0 amide bonds. The average Bonchev–Trinajstić information content (AvgIpc) is 3.72. The summed E-state index contributed by atoms with van der Waals surface area (Å²) in [6.07, 6.45) is 0.295. The summed E-state index contributed by atoms with van der Waals surface area (Å²) in [7, 11) is 0. The number of carbonyl (C=O) groups is 1. The van der Waals surface area contributed by atoms with E-state index in [2.05, 4.69) is 40.7 Å². The van der Waals surface area contributed by atoms with Gasteiger partial charge in [-0.05, 0) is 79.0 Å². The van der Waals surface area contributed by atoms with Crippen molar-refractivity contribution in [3.63, 3.8) is 0 Å². The van der Waals surface area contributed by atoms with Gasteiger partial charge in [-0.3, -0.25) is 9.78 Å². The van der Waals surface area contributed by atoms with Crippen LogP contribution in [-0.4, -0.2) is 17.1 Å². The van der Waals surface area contributed by atoms with Crippen molar-refractivity contribution in [2.24, 2.45) is 0 Å². The van der Waals surface area contributed by atoms with E-state index in [-0.39, 0.29) is 30.5 Å². The number of ketones is 1. The summed E-state index contributed by atoms with van der Waals surface area (Å²) in [5.74, 6) is 0.00497. The Hall–Kier alpha value is -3.28. The Bertz CT molecular complexity index is 1330. The van der Waals surface area contributed by atoms with Gasteiger partial charge in [0.05, 0.1) is 11.1 Å². The molecule has 0 atom stereocenters. The van der Waals surface area contributed by atoms with Gasteiger partial charge in [-0.1, -0.05) is 37.3 Å². The van der Waals surface area contributed by atoms with Crippen LogP contribution in [0.15, 0.2) is 54.6 Å². The van der Waals surface area contributed by atoms with Gasteiger partial charge in [0.2, 0.25) is 0 Å². The molecule has 4 nitrogen and oxygen atoms in total. The number of aryl methyl sites for hydroxylation is 1. The standard InChI is InChI=1S/C28H25F2NO3.H2/c1-17-6-8-21(31-25(17)18-4-3-5-19(14-18)26(2)10-11-26)16-24(32)27(12-13-27)20-7-9-22-23(15-20)34-28(29,30)33-22;/h3-9,14-15H,10-13,16H2,1-2H3;1H. The van der Waals surface area contributed by atoms with E-state index in [4.69, 9.17) is 4.98 Å². The zero-order valence-electron chi connectivity index (χ0n) is 19.2. The molecule has 0 saturated heterocycles. The molecule has 3 aliphatic rings. The maximum atomic E-state index is 13.4. The van der Waals surface area contributed by atoms with Crippen molar-refractivity contribution in [2.45, 2.75) is 63.1 Å². The van der Waals surface area contributed by atoms with Gasteiger partial charge in [0, 0.05) is 19.1 Å². The minimum Gasteiger partial charge on any atom is -0.395 e. The van der Waals surface area contributed by atoms with Gasteiger partial charge < -0.3 is 9.47 Å². The minimum atomic E-state index is -3.67.